The number of hydrogen-bond acceptors (Lipinski definition) is 7. The Morgan fingerprint density at radius 2 is 2.12 bits per heavy atom. The second-order valence-electron chi connectivity index (χ2n) is 2.46. The van der Waals surface area contributed by atoms with E-state index in [0.29, 0.717) is 4.34 Å². The van der Waals surface area contributed by atoms with E-state index in [4.69, 9.17) is 11.6 Å². The van der Waals surface area contributed by atoms with Crippen molar-refractivity contribution in [3.63, 3.8) is 0 Å². The fourth-order valence-corrected chi connectivity index (χ4v) is 2.91. The molecule has 0 aliphatic carbocycles. The molecule has 1 heterocycles. The number of methoxy groups -OCH3 is 2. The number of carbonyl (C=O) groups is 2. The van der Waals surface area contributed by atoms with Gasteiger partial charge >= 0.3 is 11.9 Å². The lowest BCUT2D eigenvalue weighted by Gasteiger charge is -1.94. The summed E-state index contributed by atoms with van der Waals surface area (Å²) in [6.07, 6.45) is 0. The monoisotopic (exact) mass is 281 g/mol. The Bertz CT molecular complexity index is 407. The van der Waals surface area contributed by atoms with Crippen molar-refractivity contribution < 1.29 is 19.1 Å². The molecule has 0 spiro atoms. The van der Waals surface area contributed by atoms with Gasteiger partial charge in [0.1, 0.15) is 0 Å². The maximum atomic E-state index is 11.2. The molecule has 0 aliphatic heterocycles. The van der Waals surface area contributed by atoms with E-state index in [0.717, 1.165) is 23.1 Å². The first-order valence-corrected chi connectivity index (χ1v) is 6.20. The Kier molecular flexibility index (Phi) is 5.04. The van der Waals surface area contributed by atoms with Gasteiger partial charge in [0.15, 0.2) is 14.4 Å². The van der Waals surface area contributed by atoms with Crippen molar-refractivity contribution in [2.45, 2.75) is 4.34 Å². The largest absolute Gasteiger partial charge is 0.468 e. The van der Waals surface area contributed by atoms with Crippen LogP contribution in [-0.4, -0.2) is 36.9 Å². The molecular formula is C8H8ClNO4S2. The summed E-state index contributed by atoms with van der Waals surface area (Å²) in [5.41, 5.74) is 0. The molecule has 0 bridgehead atoms. The molecule has 88 valence electrons. The van der Waals surface area contributed by atoms with Gasteiger partial charge in [-0.15, -0.1) is 0 Å². The maximum absolute atomic E-state index is 11.2. The number of thioether (sulfide) groups is 1. The number of hydrogen-bond donors (Lipinski definition) is 0. The smallest absolute Gasteiger partial charge is 0.351 e. The number of esters is 2. The molecular weight excluding hydrogens is 274 g/mol. The van der Waals surface area contributed by atoms with Gasteiger partial charge in [-0.2, -0.15) is 0 Å². The summed E-state index contributed by atoms with van der Waals surface area (Å²) in [5, 5.41) is 0.0872. The van der Waals surface area contributed by atoms with E-state index in [2.05, 4.69) is 14.5 Å². The van der Waals surface area contributed by atoms with Crippen LogP contribution in [0.3, 0.4) is 0 Å². The van der Waals surface area contributed by atoms with E-state index >= 15 is 0 Å². The standard InChI is InChI=1S/C8H8ClNO4S2/c1-13-4(11)3-15-8-10-6(9)5(16-8)7(12)14-2/h3H2,1-2H3. The highest BCUT2D eigenvalue weighted by Gasteiger charge is 2.18. The summed E-state index contributed by atoms with van der Waals surface area (Å²) in [6.45, 7) is 0. The molecule has 0 radical (unpaired) electrons. The topological polar surface area (TPSA) is 65.5 Å². The van der Waals surface area contributed by atoms with E-state index in [1.807, 2.05) is 0 Å². The zero-order valence-electron chi connectivity index (χ0n) is 8.48. The van der Waals surface area contributed by atoms with Crippen LogP contribution >= 0.6 is 34.7 Å². The van der Waals surface area contributed by atoms with Crippen LogP contribution in [0.5, 0.6) is 0 Å². The second kappa shape index (κ2) is 6.07. The lowest BCUT2D eigenvalue weighted by molar-refractivity contribution is -0.137. The van der Waals surface area contributed by atoms with E-state index in [1.165, 1.54) is 14.2 Å². The van der Waals surface area contributed by atoms with Gasteiger partial charge < -0.3 is 9.47 Å². The first-order chi connectivity index (χ1) is 7.58. The highest BCUT2D eigenvalue weighted by molar-refractivity contribution is 8.01. The maximum Gasteiger partial charge on any atom is 0.351 e. The van der Waals surface area contributed by atoms with Gasteiger partial charge in [0.05, 0.1) is 20.0 Å². The summed E-state index contributed by atoms with van der Waals surface area (Å²) in [5.74, 6) is -0.774. The van der Waals surface area contributed by atoms with Gasteiger partial charge in [0.25, 0.3) is 0 Å². The second-order valence-corrected chi connectivity index (χ2v) is 5.04. The van der Waals surface area contributed by atoms with E-state index in [9.17, 15) is 9.59 Å². The van der Waals surface area contributed by atoms with Crippen molar-refractivity contribution in [3.05, 3.63) is 10.0 Å². The number of nitrogens with zero attached hydrogens (tertiary/aromatic N) is 1. The van der Waals surface area contributed by atoms with E-state index < -0.39 is 5.97 Å². The van der Waals surface area contributed by atoms with Gasteiger partial charge in [0, 0.05) is 0 Å². The molecule has 1 rings (SSSR count). The van der Waals surface area contributed by atoms with Gasteiger partial charge in [0.2, 0.25) is 0 Å². The molecule has 0 amide bonds. The number of ether oxygens (including phenoxy) is 2. The zero-order chi connectivity index (χ0) is 12.1. The molecule has 1 aromatic heterocycles. The molecule has 0 aliphatic rings. The Hall–Kier alpha value is -0.790. The van der Waals surface area contributed by atoms with E-state index in [1.54, 1.807) is 0 Å². The normalized spacial score (nSPS) is 9.94. The average Bonchev–Trinajstić information content (AvgIpc) is 2.66. The van der Waals surface area contributed by atoms with E-state index in [-0.39, 0.29) is 21.8 Å². The van der Waals surface area contributed by atoms with Crippen LogP contribution in [0.15, 0.2) is 4.34 Å². The summed E-state index contributed by atoms with van der Waals surface area (Å²) in [7, 11) is 2.57. The zero-order valence-corrected chi connectivity index (χ0v) is 10.9. The fourth-order valence-electron chi connectivity index (χ4n) is 0.743. The number of rotatable bonds is 4. The third-order valence-electron chi connectivity index (χ3n) is 1.48. The van der Waals surface area contributed by atoms with Gasteiger partial charge in [-0.1, -0.05) is 34.7 Å². The number of aromatic nitrogens is 1. The van der Waals surface area contributed by atoms with Gasteiger partial charge in [-0.3, -0.25) is 4.79 Å². The average molecular weight is 282 g/mol. The Balaban J connectivity index is 2.69. The highest BCUT2D eigenvalue weighted by Crippen LogP contribution is 2.30. The van der Waals surface area contributed by atoms with Crippen LogP contribution in [0.2, 0.25) is 5.15 Å². The number of halogens is 1. The fraction of sp³-hybridized carbons (Fsp3) is 0.375. The lowest BCUT2D eigenvalue weighted by atomic mass is 10.6. The molecule has 0 saturated carbocycles. The van der Waals surface area contributed by atoms with Crippen LogP contribution in [0.25, 0.3) is 0 Å². The van der Waals surface area contributed by atoms with Crippen molar-refractivity contribution in [1.82, 2.24) is 4.98 Å². The molecule has 8 heteroatoms. The van der Waals surface area contributed by atoms with Crippen molar-refractivity contribution in [2.24, 2.45) is 0 Å². The molecule has 0 unspecified atom stereocenters. The Morgan fingerprint density at radius 3 is 2.69 bits per heavy atom. The molecule has 1 aromatic rings. The first-order valence-electron chi connectivity index (χ1n) is 4.02. The third-order valence-corrected chi connectivity index (χ3v) is 4.02. The van der Waals surface area contributed by atoms with Crippen LogP contribution in [0.1, 0.15) is 9.67 Å². The summed E-state index contributed by atoms with van der Waals surface area (Å²) < 4.78 is 9.52. The molecule has 0 aromatic carbocycles. The predicted molar refractivity (Wildman–Crippen MR) is 61.2 cm³/mol. The van der Waals surface area contributed by atoms with Crippen LogP contribution in [0.4, 0.5) is 0 Å². The van der Waals surface area contributed by atoms with Crippen molar-refractivity contribution in [2.75, 3.05) is 20.0 Å². The quantitative estimate of drug-likeness (QED) is 0.620. The third kappa shape index (κ3) is 3.36. The molecule has 16 heavy (non-hydrogen) atoms. The van der Waals surface area contributed by atoms with Crippen LogP contribution in [-0.2, 0) is 14.3 Å². The van der Waals surface area contributed by atoms with Crippen molar-refractivity contribution in [3.8, 4) is 0 Å². The van der Waals surface area contributed by atoms with Crippen LogP contribution in [0, 0.1) is 0 Å². The molecule has 0 fully saturated rings. The SMILES string of the molecule is COC(=O)CSc1nc(Cl)c(C(=O)OC)s1. The Morgan fingerprint density at radius 1 is 1.44 bits per heavy atom. The summed E-state index contributed by atoms with van der Waals surface area (Å²) >= 11 is 7.98. The molecule has 0 atom stereocenters. The first kappa shape index (κ1) is 13.3. The molecule has 0 saturated heterocycles. The number of thiazole rings is 1. The van der Waals surface area contributed by atoms with Crippen LogP contribution < -0.4 is 0 Å². The summed E-state index contributed by atoms with van der Waals surface area (Å²) in [4.78, 5) is 26.2. The summed E-state index contributed by atoms with van der Waals surface area (Å²) in [6, 6.07) is 0. The minimum Gasteiger partial charge on any atom is -0.468 e. The van der Waals surface area contributed by atoms with Gasteiger partial charge in [-0.05, 0) is 0 Å². The van der Waals surface area contributed by atoms with Crippen molar-refractivity contribution in [1.29, 1.82) is 0 Å². The lowest BCUT2D eigenvalue weighted by Crippen LogP contribution is -2.02. The minimum atomic E-state index is -0.535. The highest BCUT2D eigenvalue weighted by atomic mass is 35.5. The van der Waals surface area contributed by atoms with Gasteiger partial charge in [-0.25, -0.2) is 9.78 Å². The molecule has 5 nitrogen and oxygen atoms in total. The Labute approximate surface area is 105 Å². The number of carbonyl (C=O) groups excluding carboxylic acids is 2. The van der Waals surface area contributed by atoms with Crippen molar-refractivity contribution >= 4 is 46.6 Å². The minimum absolute atomic E-state index is 0.0872. The molecule has 0 N–H and O–H groups in total. The predicted octanol–water partition coefficient (Wildman–Crippen LogP) is 1.85.